The van der Waals surface area contributed by atoms with Crippen molar-refractivity contribution in [3.8, 4) is 0 Å². The standard InChI is InChI=1S/C21H26Cl2N2O5/c1-3-15(30-12-14-7-5-4-6-8-14)9-10-16(26)24-17-19(23)25(20(17)27)18(21(28)29)13(2)11-22/h4-8,15,17-19H,2-3,9-12H2,1H3,(H,24,26)(H,28,29). The van der Waals surface area contributed by atoms with Crippen molar-refractivity contribution in [2.45, 2.75) is 56.5 Å². The summed E-state index contributed by atoms with van der Waals surface area (Å²) in [6, 6.07) is 7.45. The Labute approximate surface area is 186 Å². The number of likely N-dealkylation sites (tertiary alicyclic amines) is 1. The van der Waals surface area contributed by atoms with Gasteiger partial charge in [0, 0.05) is 12.3 Å². The minimum Gasteiger partial charge on any atom is -0.479 e. The second-order valence-corrected chi connectivity index (χ2v) is 7.78. The fourth-order valence-electron chi connectivity index (χ4n) is 3.17. The van der Waals surface area contributed by atoms with Crippen LogP contribution in [-0.2, 0) is 25.7 Å². The van der Waals surface area contributed by atoms with Crippen LogP contribution >= 0.6 is 23.2 Å². The highest BCUT2D eigenvalue weighted by atomic mass is 35.5. The van der Waals surface area contributed by atoms with Crippen molar-refractivity contribution in [2.24, 2.45) is 0 Å². The number of amides is 2. The zero-order chi connectivity index (χ0) is 22.3. The molecular formula is C21H26Cl2N2O5. The second kappa shape index (κ2) is 11.3. The van der Waals surface area contributed by atoms with Gasteiger partial charge in [-0.25, -0.2) is 4.79 Å². The molecule has 0 radical (unpaired) electrons. The molecule has 4 atom stereocenters. The summed E-state index contributed by atoms with van der Waals surface area (Å²) < 4.78 is 5.86. The number of alkyl halides is 2. The van der Waals surface area contributed by atoms with Crippen LogP contribution in [0.15, 0.2) is 42.5 Å². The predicted molar refractivity (Wildman–Crippen MR) is 114 cm³/mol. The number of nitrogens with one attached hydrogen (secondary N) is 1. The largest absolute Gasteiger partial charge is 0.479 e. The van der Waals surface area contributed by atoms with E-state index >= 15 is 0 Å². The summed E-state index contributed by atoms with van der Waals surface area (Å²) in [5, 5.41) is 11.9. The van der Waals surface area contributed by atoms with Crippen LogP contribution in [0.25, 0.3) is 0 Å². The molecule has 30 heavy (non-hydrogen) atoms. The van der Waals surface area contributed by atoms with E-state index in [0.29, 0.717) is 13.0 Å². The van der Waals surface area contributed by atoms with Crippen LogP contribution in [0, 0.1) is 0 Å². The van der Waals surface area contributed by atoms with Crippen molar-refractivity contribution in [1.29, 1.82) is 0 Å². The summed E-state index contributed by atoms with van der Waals surface area (Å²) in [7, 11) is 0. The van der Waals surface area contributed by atoms with E-state index in [1.807, 2.05) is 37.3 Å². The molecule has 0 spiro atoms. The van der Waals surface area contributed by atoms with Crippen molar-refractivity contribution < 1.29 is 24.2 Å². The third-order valence-corrected chi connectivity index (χ3v) is 5.73. The van der Waals surface area contributed by atoms with E-state index in [9.17, 15) is 19.5 Å². The number of hydrogen-bond acceptors (Lipinski definition) is 4. The number of nitrogens with zero attached hydrogens (tertiary/aromatic N) is 1. The van der Waals surface area contributed by atoms with Gasteiger partial charge in [-0.1, -0.05) is 55.4 Å². The Balaban J connectivity index is 1.82. The highest BCUT2D eigenvalue weighted by Gasteiger charge is 2.52. The molecule has 2 rings (SSSR count). The minimum absolute atomic E-state index is 0.0974. The smallest absolute Gasteiger partial charge is 0.330 e. The molecule has 7 nitrogen and oxygen atoms in total. The van der Waals surface area contributed by atoms with Gasteiger partial charge < -0.3 is 20.1 Å². The average molecular weight is 457 g/mol. The Morgan fingerprint density at radius 2 is 2.00 bits per heavy atom. The van der Waals surface area contributed by atoms with Crippen LogP contribution in [0.2, 0.25) is 0 Å². The molecule has 1 saturated heterocycles. The SMILES string of the molecule is C=C(CCl)C(C(=O)O)N1C(=O)C(NC(=O)CCC(CC)OCc2ccccc2)C1Cl. The quantitative estimate of drug-likeness (QED) is 0.218. The monoisotopic (exact) mass is 456 g/mol. The molecule has 4 unspecified atom stereocenters. The van der Waals surface area contributed by atoms with Crippen LogP contribution in [-0.4, -0.2) is 57.4 Å². The number of aliphatic carboxylic acids is 1. The lowest BCUT2D eigenvalue weighted by Crippen LogP contribution is -2.72. The van der Waals surface area contributed by atoms with Gasteiger partial charge in [0.25, 0.3) is 5.91 Å². The fraction of sp³-hybridized carbons (Fsp3) is 0.476. The van der Waals surface area contributed by atoms with Gasteiger partial charge in [-0.05, 0) is 24.0 Å². The summed E-state index contributed by atoms with van der Waals surface area (Å²) in [6.45, 7) is 6.02. The molecule has 1 fully saturated rings. The van der Waals surface area contributed by atoms with E-state index in [4.69, 9.17) is 27.9 Å². The Bertz CT molecular complexity index is 774. The lowest BCUT2D eigenvalue weighted by atomic mass is 9.99. The molecule has 164 valence electrons. The summed E-state index contributed by atoms with van der Waals surface area (Å²) in [5.41, 5.74) is 0.213. The van der Waals surface area contributed by atoms with Gasteiger partial charge in [0.1, 0.15) is 11.5 Å². The zero-order valence-electron chi connectivity index (χ0n) is 16.7. The normalized spacial score (nSPS) is 20.2. The van der Waals surface area contributed by atoms with Crippen LogP contribution in [0.3, 0.4) is 0 Å². The van der Waals surface area contributed by atoms with E-state index in [1.165, 1.54) is 0 Å². The highest BCUT2D eigenvalue weighted by molar-refractivity contribution is 6.27. The zero-order valence-corrected chi connectivity index (χ0v) is 18.2. The molecule has 2 amide bonds. The lowest BCUT2D eigenvalue weighted by molar-refractivity contribution is -0.160. The topological polar surface area (TPSA) is 95.9 Å². The van der Waals surface area contributed by atoms with Gasteiger partial charge >= 0.3 is 5.97 Å². The number of β-lactam (4-membered cyclic amide) rings is 1. The first-order chi connectivity index (χ1) is 14.3. The number of halogens is 2. The lowest BCUT2D eigenvalue weighted by Gasteiger charge is -2.46. The first-order valence-corrected chi connectivity index (χ1v) is 10.6. The molecule has 0 bridgehead atoms. The van der Waals surface area contributed by atoms with E-state index in [0.717, 1.165) is 16.9 Å². The summed E-state index contributed by atoms with van der Waals surface area (Å²) in [6.07, 6.45) is 1.31. The van der Waals surface area contributed by atoms with E-state index in [1.54, 1.807) is 0 Å². The van der Waals surface area contributed by atoms with E-state index < -0.39 is 29.5 Å². The Kier molecular flexibility index (Phi) is 9.14. The fourth-order valence-corrected chi connectivity index (χ4v) is 3.70. The number of carbonyl (C=O) groups excluding carboxylic acids is 2. The Hall–Kier alpha value is -2.09. The number of rotatable bonds is 12. The summed E-state index contributed by atoms with van der Waals surface area (Å²) in [4.78, 5) is 37.1. The van der Waals surface area contributed by atoms with Crippen molar-refractivity contribution in [3.05, 3.63) is 48.0 Å². The van der Waals surface area contributed by atoms with Crippen LogP contribution in [0.5, 0.6) is 0 Å². The molecule has 1 aliphatic rings. The summed E-state index contributed by atoms with van der Waals surface area (Å²) >= 11 is 11.8. The molecule has 0 aromatic heterocycles. The maximum absolute atomic E-state index is 12.4. The molecule has 1 heterocycles. The first kappa shape index (κ1) is 24.2. The third kappa shape index (κ3) is 5.97. The molecular weight excluding hydrogens is 431 g/mol. The summed E-state index contributed by atoms with van der Waals surface area (Å²) in [5.74, 6) is -2.31. The van der Waals surface area contributed by atoms with Gasteiger partial charge in [-0.15, -0.1) is 11.6 Å². The molecule has 0 aliphatic carbocycles. The van der Waals surface area contributed by atoms with Gasteiger partial charge in [0.05, 0.1) is 12.7 Å². The molecule has 1 aromatic rings. The van der Waals surface area contributed by atoms with Crippen molar-refractivity contribution >= 4 is 41.0 Å². The molecule has 2 N–H and O–H groups in total. The average Bonchev–Trinajstić information content (AvgIpc) is 2.75. The molecule has 0 saturated carbocycles. The highest BCUT2D eigenvalue weighted by Crippen LogP contribution is 2.29. The van der Waals surface area contributed by atoms with Gasteiger partial charge in [0.15, 0.2) is 6.04 Å². The van der Waals surface area contributed by atoms with Gasteiger partial charge in [0.2, 0.25) is 5.91 Å². The van der Waals surface area contributed by atoms with E-state index in [-0.39, 0.29) is 29.9 Å². The van der Waals surface area contributed by atoms with Crippen molar-refractivity contribution in [1.82, 2.24) is 10.2 Å². The number of hydrogen-bond donors (Lipinski definition) is 2. The number of ether oxygens (including phenoxy) is 1. The molecule has 9 heteroatoms. The number of carboxylic acids is 1. The van der Waals surface area contributed by atoms with Crippen LogP contribution < -0.4 is 5.32 Å². The number of carboxylic acid groups (broad SMARTS) is 1. The van der Waals surface area contributed by atoms with E-state index in [2.05, 4.69) is 11.9 Å². The maximum atomic E-state index is 12.4. The van der Waals surface area contributed by atoms with Crippen molar-refractivity contribution in [2.75, 3.05) is 5.88 Å². The Morgan fingerprint density at radius 1 is 1.33 bits per heavy atom. The third-order valence-electron chi connectivity index (χ3n) is 4.93. The maximum Gasteiger partial charge on any atom is 0.330 e. The van der Waals surface area contributed by atoms with Crippen LogP contribution in [0.1, 0.15) is 31.7 Å². The Morgan fingerprint density at radius 3 is 2.53 bits per heavy atom. The minimum atomic E-state index is -1.32. The van der Waals surface area contributed by atoms with Gasteiger partial charge in [-0.3, -0.25) is 9.59 Å². The predicted octanol–water partition coefficient (Wildman–Crippen LogP) is 2.90. The second-order valence-electron chi connectivity index (χ2n) is 7.06. The number of carbonyl (C=O) groups is 3. The number of benzene rings is 1. The van der Waals surface area contributed by atoms with Gasteiger partial charge in [-0.2, -0.15) is 0 Å². The molecule has 1 aromatic carbocycles. The van der Waals surface area contributed by atoms with Crippen molar-refractivity contribution in [3.63, 3.8) is 0 Å². The molecule has 1 aliphatic heterocycles. The first-order valence-electron chi connectivity index (χ1n) is 9.67. The van der Waals surface area contributed by atoms with Crippen LogP contribution in [0.4, 0.5) is 0 Å².